The summed E-state index contributed by atoms with van der Waals surface area (Å²) in [7, 11) is 0. The maximum absolute atomic E-state index is 12.2. The lowest BCUT2D eigenvalue weighted by molar-refractivity contribution is -0.115. The molecule has 112 valence electrons. The molecule has 3 rings (SSSR count). The fourth-order valence-electron chi connectivity index (χ4n) is 2.29. The van der Waals surface area contributed by atoms with Gasteiger partial charge in [0.15, 0.2) is 0 Å². The number of carbonyl (C=O) groups excluding carboxylic acids is 1. The van der Waals surface area contributed by atoms with E-state index in [0.29, 0.717) is 27.7 Å². The Morgan fingerprint density at radius 3 is 2.52 bits per heavy atom. The largest absolute Gasteiger partial charge is 0.326 e. The first-order valence-corrected chi connectivity index (χ1v) is 6.93. The number of rotatable bonds is 3. The van der Waals surface area contributed by atoms with Gasteiger partial charge in [-0.05, 0) is 30.3 Å². The van der Waals surface area contributed by atoms with Crippen molar-refractivity contribution in [3.8, 4) is 6.07 Å². The van der Waals surface area contributed by atoms with Crippen LogP contribution in [-0.4, -0.2) is 16.1 Å². The second-order valence-electron chi connectivity index (χ2n) is 4.96. The van der Waals surface area contributed by atoms with Gasteiger partial charge < -0.3 is 5.32 Å². The Balaban J connectivity index is 1.82. The van der Waals surface area contributed by atoms with Crippen molar-refractivity contribution in [2.45, 2.75) is 6.42 Å². The molecule has 0 bridgehead atoms. The van der Waals surface area contributed by atoms with Gasteiger partial charge in [0.05, 0.1) is 29.1 Å². The molecule has 0 spiro atoms. The van der Waals surface area contributed by atoms with Gasteiger partial charge in [0.1, 0.15) is 0 Å². The average molecular weight is 304 g/mol. The first-order valence-electron chi connectivity index (χ1n) is 6.93. The SMILES string of the molecule is N#Cc1ccc(NC(=O)Cc2n[nH]c(=O)c3ccccc23)cc1. The van der Waals surface area contributed by atoms with Gasteiger partial charge in [-0.2, -0.15) is 10.4 Å². The van der Waals surface area contributed by atoms with Crippen LogP contribution in [0.4, 0.5) is 5.69 Å². The highest BCUT2D eigenvalue weighted by Crippen LogP contribution is 2.14. The number of amides is 1. The highest BCUT2D eigenvalue weighted by Gasteiger charge is 2.10. The van der Waals surface area contributed by atoms with E-state index in [2.05, 4.69) is 15.5 Å². The Labute approximate surface area is 131 Å². The van der Waals surface area contributed by atoms with Crippen molar-refractivity contribution in [1.29, 1.82) is 5.26 Å². The third kappa shape index (κ3) is 3.09. The van der Waals surface area contributed by atoms with E-state index >= 15 is 0 Å². The van der Waals surface area contributed by atoms with E-state index in [9.17, 15) is 9.59 Å². The first-order chi connectivity index (χ1) is 11.2. The maximum atomic E-state index is 12.2. The molecule has 1 amide bonds. The van der Waals surface area contributed by atoms with Crippen molar-refractivity contribution in [1.82, 2.24) is 10.2 Å². The predicted octanol–water partition coefficient (Wildman–Crippen LogP) is 1.98. The van der Waals surface area contributed by atoms with E-state index in [1.165, 1.54) is 0 Å². The summed E-state index contributed by atoms with van der Waals surface area (Å²) >= 11 is 0. The number of hydrogen-bond donors (Lipinski definition) is 2. The predicted molar refractivity (Wildman–Crippen MR) is 85.9 cm³/mol. The van der Waals surface area contributed by atoms with Gasteiger partial charge in [-0.25, -0.2) is 5.10 Å². The number of fused-ring (bicyclic) bond motifs is 1. The van der Waals surface area contributed by atoms with E-state index in [1.54, 1.807) is 48.5 Å². The number of carbonyl (C=O) groups is 1. The molecule has 2 N–H and O–H groups in total. The number of aromatic amines is 1. The quantitative estimate of drug-likeness (QED) is 0.773. The molecule has 0 saturated heterocycles. The monoisotopic (exact) mass is 304 g/mol. The van der Waals surface area contributed by atoms with Gasteiger partial charge in [-0.1, -0.05) is 18.2 Å². The van der Waals surface area contributed by atoms with E-state index in [0.717, 1.165) is 0 Å². The molecular formula is C17H12N4O2. The lowest BCUT2D eigenvalue weighted by Crippen LogP contribution is -2.18. The summed E-state index contributed by atoms with van der Waals surface area (Å²) < 4.78 is 0. The molecule has 3 aromatic rings. The van der Waals surface area contributed by atoms with Gasteiger partial charge in [-0.15, -0.1) is 0 Å². The van der Waals surface area contributed by atoms with Gasteiger partial charge in [0.25, 0.3) is 5.56 Å². The Morgan fingerprint density at radius 2 is 1.83 bits per heavy atom. The molecule has 1 aromatic heterocycles. The molecule has 6 heteroatoms. The van der Waals surface area contributed by atoms with Crippen molar-refractivity contribution in [2.24, 2.45) is 0 Å². The van der Waals surface area contributed by atoms with Crippen molar-refractivity contribution < 1.29 is 4.79 Å². The minimum absolute atomic E-state index is 0.0390. The summed E-state index contributed by atoms with van der Waals surface area (Å²) in [5.41, 5.74) is 1.35. The molecule has 0 fully saturated rings. The number of nitrogens with zero attached hydrogens (tertiary/aromatic N) is 2. The molecule has 1 heterocycles. The summed E-state index contributed by atoms with van der Waals surface area (Å²) in [5.74, 6) is -0.251. The molecule has 0 radical (unpaired) electrons. The number of anilines is 1. The zero-order chi connectivity index (χ0) is 16.2. The minimum atomic E-state index is -0.281. The van der Waals surface area contributed by atoms with E-state index in [1.807, 2.05) is 6.07 Å². The smallest absolute Gasteiger partial charge is 0.272 e. The molecule has 0 aliphatic carbocycles. The van der Waals surface area contributed by atoms with Crippen LogP contribution in [0.25, 0.3) is 10.8 Å². The number of benzene rings is 2. The van der Waals surface area contributed by atoms with E-state index in [-0.39, 0.29) is 17.9 Å². The van der Waals surface area contributed by atoms with Crippen LogP contribution in [0.3, 0.4) is 0 Å². The van der Waals surface area contributed by atoms with Crippen molar-refractivity contribution in [3.63, 3.8) is 0 Å². The molecule has 23 heavy (non-hydrogen) atoms. The topological polar surface area (TPSA) is 98.6 Å². The minimum Gasteiger partial charge on any atom is -0.326 e. The lowest BCUT2D eigenvalue weighted by Gasteiger charge is -2.06. The van der Waals surface area contributed by atoms with Crippen molar-refractivity contribution >= 4 is 22.4 Å². The molecule has 0 unspecified atom stereocenters. The second kappa shape index (κ2) is 6.12. The van der Waals surface area contributed by atoms with Crippen LogP contribution in [0.1, 0.15) is 11.3 Å². The zero-order valence-electron chi connectivity index (χ0n) is 12.0. The third-order valence-corrected chi connectivity index (χ3v) is 3.40. The Bertz CT molecular complexity index is 968. The summed E-state index contributed by atoms with van der Waals surface area (Å²) in [4.78, 5) is 23.9. The summed E-state index contributed by atoms with van der Waals surface area (Å²) in [6.45, 7) is 0. The lowest BCUT2D eigenvalue weighted by atomic mass is 10.1. The fraction of sp³-hybridized carbons (Fsp3) is 0.0588. The molecule has 0 saturated carbocycles. The number of nitriles is 1. The first kappa shape index (κ1) is 14.5. The number of nitrogens with one attached hydrogen (secondary N) is 2. The molecule has 0 atom stereocenters. The van der Waals surface area contributed by atoms with Crippen LogP contribution in [-0.2, 0) is 11.2 Å². The fourth-order valence-corrected chi connectivity index (χ4v) is 2.29. The highest BCUT2D eigenvalue weighted by atomic mass is 16.1. The Kier molecular flexibility index (Phi) is 3.85. The summed E-state index contributed by atoms with van der Waals surface area (Å²) in [6, 6.07) is 15.6. The van der Waals surface area contributed by atoms with Gasteiger partial charge in [0, 0.05) is 11.1 Å². The standard InChI is InChI=1S/C17H12N4O2/c18-10-11-5-7-12(8-6-11)19-16(22)9-15-13-3-1-2-4-14(13)17(23)21-20-15/h1-8H,9H2,(H,19,22)(H,21,23). The highest BCUT2D eigenvalue weighted by molar-refractivity contribution is 5.95. The van der Waals surface area contributed by atoms with Crippen LogP contribution in [0.15, 0.2) is 53.3 Å². The average Bonchev–Trinajstić information content (AvgIpc) is 2.58. The van der Waals surface area contributed by atoms with Crippen molar-refractivity contribution in [3.05, 3.63) is 70.1 Å². The van der Waals surface area contributed by atoms with Gasteiger partial charge in [-0.3, -0.25) is 9.59 Å². The normalized spacial score (nSPS) is 10.2. The van der Waals surface area contributed by atoms with Crippen LogP contribution < -0.4 is 10.9 Å². The van der Waals surface area contributed by atoms with Crippen molar-refractivity contribution in [2.75, 3.05) is 5.32 Å². The Hall–Kier alpha value is -3.46. The van der Waals surface area contributed by atoms with Gasteiger partial charge in [0.2, 0.25) is 5.91 Å². The maximum Gasteiger partial charge on any atom is 0.272 e. The van der Waals surface area contributed by atoms with E-state index in [4.69, 9.17) is 5.26 Å². The molecular weight excluding hydrogens is 292 g/mol. The third-order valence-electron chi connectivity index (χ3n) is 3.40. The zero-order valence-corrected chi connectivity index (χ0v) is 12.0. The molecule has 0 aliphatic rings. The molecule has 6 nitrogen and oxygen atoms in total. The number of H-pyrrole nitrogens is 1. The number of hydrogen-bond acceptors (Lipinski definition) is 4. The van der Waals surface area contributed by atoms with Crippen LogP contribution in [0.2, 0.25) is 0 Å². The Morgan fingerprint density at radius 1 is 1.13 bits per heavy atom. The van der Waals surface area contributed by atoms with Crippen LogP contribution >= 0.6 is 0 Å². The number of aromatic nitrogens is 2. The summed E-state index contributed by atoms with van der Waals surface area (Å²) in [5, 5.41) is 19.0. The second-order valence-corrected chi connectivity index (χ2v) is 4.96. The summed E-state index contributed by atoms with van der Waals surface area (Å²) in [6.07, 6.45) is 0.0390. The van der Waals surface area contributed by atoms with Crippen LogP contribution in [0.5, 0.6) is 0 Å². The van der Waals surface area contributed by atoms with E-state index < -0.39 is 0 Å². The van der Waals surface area contributed by atoms with Crippen LogP contribution in [0, 0.1) is 11.3 Å². The molecule has 2 aromatic carbocycles. The molecule has 0 aliphatic heterocycles. The van der Waals surface area contributed by atoms with Gasteiger partial charge >= 0.3 is 0 Å².